The molecular formula is C13H15NO. The van der Waals surface area contributed by atoms with Gasteiger partial charge in [-0.15, -0.1) is 0 Å². The second kappa shape index (κ2) is 4.32. The smallest absolute Gasteiger partial charge is 0.134 e. The van der Waals surface area contributed by atoms with Gasteiger partial charge in [-0.05, 0) is 31.7 Å². The molecule has 1 heterocycles. The van der Waals surface area contributed by atoms with Crippen LogP contribution in [0.25, 0.3) is 11.3 Å². The van der Waals surface area contributed by atoms with Crippen LogP contribution in [0.3, 0.4) is 0 Å². The highest BCUT2D eigenvalue weighted by Gasteiger charge is 2.03. The fourth-order valence-corrected chi connectivity index (χ4v) is 1.61. The summed E-state index contributed by atoms with van der Waals surface area (Å²) in [7, 11) is 0. The van der Waals surface area contributed by atoms with E-state index >= 15 is 0 Å². The lowest BCUT2D eigenvalue weighted by Crippen LogP contribution is -2.01. The maximum atomic E-state index is 5.69. The number of hydrogen-bond donors (Lipinski definition) is 1. The number of nitrogens with two attached hydrogens (primary N) is 1. The van der Waals surface area contributed by atoms with E-state index in [1.165, 1.54) is 5.56 Å². The van der Waals surface area contributed by atoms with Gasteiger partial charge in [-0.25, -0.2) is 0 Å². The van der Waals surface area contributed by atoms with Crippen molar-refractivity contribution in [3.8, 4) is 11.3 Å². The van der Waals surface area contributed by atoms with Crippen LogP contribution < -0.4 is 5.73 Å². The van der Waals surface area contributed by atoms with Crippen molar-refractivity contribution in [2.24, 2.45) is 5.73 Å². The molecule has 2 nitrogen and oxygen atoms in total. The third kappa shape index (κ3) is 2.28. The molecule has 2 N–H and O–H groups in total. The Hall–Kier alpha value is -1.54. The summed E-state index contributed by atoms with van der Waals surface area (Å²) in [6, 6.07) is 12.3. The SMILES string of the molecule is Cc1cccc(-c2ccc(CCN)o2)c1. The molecule has 0 radical (unpaired) electrons. The van der Waals surface area contributed by atoms with Gasteiger partial charge in [-0.2, -0.15) is 0 Å². The van der Waals surface area contributed by atoms with Crippen LogP contribution in [0.4, 0.5) is 0 Å². The second-order valence-corrected chi connectivity index (χ2v) is 3.67. The summed E-state index contributed by atoms with van der Waals surface area (Å²) < 4.78 is 5.69. The molecule has 0 spiro atoms. The Kier molecular flexibility index (Phi) is 2.88. The maximum Gasteiger partial charge on any atom is 0.134 e. The molecule has 0 atom stereocenters. The molecule has 0 saturated heterocycles. The Morgan fingerprint density at radius 2 is 2.07 bits per heavy atom. The minimum atomic E-state index is 0.626. The predicted molar refractivity (Wildman–Crippen MR) is 61.6 cm³/mol. The number of aryl methyl sites for hydroxylation is 1. The first kappa shape index (κ1) is 9.99. The van der Waals surface area contributed by atoms with Crippen molar-refractivity contribution in [1.82, 2.24) is 0 Å². The summed E-state index contributed by atoms with van der Waals surface area (Å²) in [6.07, 6.45) is 0.797. The Morgan fingerprint density at radius 3 is 2.80 bits per heavy atom. The summed E-state index contributed by atoms with van der Waals surface area (Å²) in [5, 5.41) is 0. The molecule has 1 aromatic heterocycles. The van der Waals surface area contributed by atoms with Gasteiger partial charge in [-0.1, -0.05) is 23.8 Å². The van der Waals surface area contributed by atoms with Gasteiger partial charge in [0.15, 0.2) is 0 Å². The van der Waals surface area contributed by atoms with Crippen molar-refractivity contribution in [3.63, 3.8) is 0 Å². The Balaban J connectivity index is 2.29. The lowest BCUT2D eigenvalue weighted by molar-refractivity contribution is 0.523. The van der Waals surface area contributed by atoms with Gasteiger partial charge in [0.25, 0.3) is 0 Å². The van der Waals surface area contributed by atoms with Crippen LogP contribution in [-0.4, -0.2) is 6.54 Å². The van der Waals surface area contributed by atoms with Gasteiger partial charge in [0.1, 0.15) is 11.5 Å². The van der Waals surface area contributed by atoms with Crippen molar-refractivity contribution in [3.05, 3.63) is 47.7 Å². The fraction of sp³-hybridized carbons (Fsp3) is 0.231. The molecule has 0 saturated carbocycles. The minimum Gasteiger partial charge on any atom is -0.461 e. The molecule has 0 aliphatic carbocycles. The second-order valence-electron chi connectivity index (χ2n) is 3.67. The summed E-state index contributed by atoms with van der Waals surface area (Å²) in [5.74, 6) is 1.87. The summed E-state index contributed by atoms with van der Waals surface area (Å²) in [5.41, 5.74) is 7.84. The van der Waals surface area contributed by atoms with E-state index in [4.69, 9.17) is 10.2 Å². The van der Waals surface area contributed by atoms with Crippen LogP contribution in [0.5, 0.6) is 0 Å². The average Bonchev–Trinajstić information content (AvgIpc) is 2.67. The molecule has 0 amide bonds. The van der Waals surface area contributed by atoms with Crippen molar-refractivity contribution in [2.75, 3.05) is 6.54 Å². The van der Waals surface area contributed by atoms with Crippen LogP contribution in [0.1, 0.15) is 11.3 Å². The molecule has 0 bridgehead atoms. The first-order valence-corrected chi connectivity index (χ1v) is 5.15. The molecule has 2 aromatic rings. The van der Waals surface area contributed by atoms with Gasteiger partial charge in [0.2, 0.25) is 0 Å². The van der Waals surface area contributed by atoms with Crippen molar-refractivity contribution in [2.45, 2.75) is 13.3 Å². The standard InChI is InChI=1S/C13H15NO/c1-10-3-2-4-11(9-10)13-6-5-12(15-13)7-8-14/h2-6,9H,7-8,14H2,1H3. The zero-order valence-electron chi connectivity index (χ0n) is 8.86. The molecule has 15 heavy (non-hydrogen) atoms. The van der Waals surface area contributed by atoms with E-state index in [0.717, 1.165) is 23.5 Å². The predicted octanol–water partition coefficient (Wildman–Crippen LogP) is 2.76. The van der Waals surface area contributed by atoms with Crippen LogP contribution in [-0.2, 0) is 6.42 Å². The highest BCUT2D eigenvalue weighted by molar-refractivity contribution is 5.58. The van der Waals surface area contributed by atoms with Crippen molar-refractivity contribution in [1.29, 1.82) is 0 Å². The maximum absolute atomic E-state index is 5.69. The highest BCUT2D eigenvalue weighted by atomic mass is 16.3. The number of hydrogen-bond acceptors (Lipinski definition) is 2. The van der Waals surface area contributed by atoms with Gasteiger partial charge in [-0.3, -0.25) is 0 Å². The Labute approximate surface area is 89.7 Å². The van der Waals surface area contributed by atoms with E-state index in [1.807, 2.05) is 18.2 Å². The molecule has 0 unspecified atom stereocenters. The van der Waals surface area contributed by atoms with Gasteiger partial charge < -0.3 is 10.2 Å². The van der Waals surface area contributed by atoms with Gasteiger partial charge >= 0.3 is 0 Å². The molecule has 1 aromatic carbocycles. The monoisotopic (exact) mass is 201 g/mol. The third-order valence-corrected chi connectivity index (χ3v) is 2.35. The fourth-order valence-electron chi connectivity index (χ4n) is 1.61. The zero-order valence-corrected chi connectivity index (χ0v) is 8.86. The Bertz CT molecular complexity index is 445. The zero-order chi connectivity index (χ0) is 10.7. The van der Waals surface area contributed by atoms with Crippen LogP contribution in [0.15, 0.2) is 40.8 Å². The normalized spacial score (nSPS) is 10.5. The molecule has 2 rings (SSSR count). The lowest BCUT2D eigenvalue weighted by atomic mass is 10.1. The Morgan fingerprint density at radius 1 is 1.20 bits per heavy atom. The quantitative estimate of drug-likeness (QED) is 0.829. The highest BCUT2D eigenvalue weighted by Crippen LogP contribution is 2.22. The van der Waals surface area contributed by atoms with Crippen molar-refractivity contribution >= 4 is 0 Å². The molecule has 2 heteroatoms. The van der Waals surface area contributed by atoms with E-state index in [-0.39, 0.29) is 0 Å². The number of furan rings is 1. The number of rotatable bonds is 3. The van der Waals surface area contributed by atoms with E-state index in [2.05, 4.69) is 25.1 Å². The van der Waals surface area contributed by atoms with Crippen LogP contribution in [0, 0.1) is 6.92 Å². The molecule has 0 aliphatic heterocycles. The minimum absolute atomic E-state index is 0.626. The van der Waals surface area contributed by atoms with E-state index < -0.39 is 0 Å². The average molecular weight is 201 g/mol. The topological polar surface area (TPSA) is 39.2 Å². The molecule has 0 aliphatic rings. The summed E-state index contributed by atoms with van der Waals surface area (Å²) in [6.45, 7) is 2.70. The first-order valence-electron chi connectivity index (χ1n) is 5.15. The van der Waals surface area contributed by atoms with E-state index in [1.54, 1.807) is 0 Å². The third-order valence-electron chi connectivity index (χ3n) is 2.35. The largest absolute Gasteiger partial charge is 0.461 e. The van der Waals surface area contributed by atoms with E-state index in [0.29, 0.717) is 6.54 Å². The molecular weight excluding hydrogens is 186 g/mol. The van der Waals surface area contributed by atoms with Gasteiger partial charge in [0.05, 0.1) is 0 Å². The van der Waals surface area contributed by atoms with Crippen LogP contribution >= 0.6 is 0 Å². The van der Waals surface area contributed by atoms with Gasteiger partial charge in [0, 0.05) is 12.0 Å². The summed E-state index contributed by atoms with van der Waals surface area (Å²) in [4.78, 5) is 0. The molecule has 78 valence electrons. The summed E-state index contributed by atoms with van der Waals surface area (Å²) >= 11 is 0. The lowest BCUT2D eigenvalue weighted by Gasteiger charge is -1.98. The molecule has 0 fully saturated rings. The van der Waals surface area contributed by atoms with E-state index in [9.17, 15) is 0 Å². The van der Waals surface area contributed by atoms with Crippen LogP contribution in [0.2, 0.25) is 0 Å². The first-order chi connectivity index (χ1) is 7.29. The van der Waals surface area contributed by atoms with Crippen molar-refractivity contribution < 1.29 is 4.42 Å². The number of benzene rings is 1.